The predicted octanol–water partition coefficient (Wildman–Crippen LogP) is 3.52. The number of aliphatic hydroxyl groups excluding tert-OH is 1. The van der Waals surface area contributed by atoms with Crippen molar-refractivity contribution >= 4 is 6.09 Å². The third kappa shape index (κ3) is 5.80. The second-order valence-electron chi connectivity index (χ2n) is 6.94. The summed E-state index contributed by atoms with van der Waals surface area (Å²) in [4.78, 5) is 12.1. The number of amides is 1. The average molecular weight is 337 g/mol. The monoisotopic (exact) mass is 337 g/mol. The van der Waals surface area contributed by atoms with E-state index in [2.05, 4.69) is 37.4 Å². The van der Waals surface area contributed by atoms with Crippen molar-refractivity contribution in [3.05, 3.63) is 34.9 Å². The van der Waals surface area contributed by atoms with Crippen LogP contribution in [0.25, 0.3) is 0 Å². The molecule has 0 spiro atoms. The molecule has 136 valence electrons. The molecule has 2 rings (SSSR count). The summed E-state index contributed by atoms with van der Waals surface area (Å²) in [7, 11) is 1.00. The Kier molecular flexibility index (Phi) is 7.70. The van der Waals surface area contributed by atoms with Crippen LogP contribution in [0.5, 0.6) is 0 Å². The highest BCUT2D eigenvalue weighted by atomic mass is 16.6. The molecular weight excluding hydrogens is 306 g/mol. The van der Waals surface area contributed by atoms with Gasteiger partial charge >= 0.3 is 6.09 Å². The van der Waals surface area contributed by atoms with Gasteiger partial charge in [-0.1, -0.05) is 30.7 Å². The van der Waals surface area contributed by atoms with Gasteiger partial charge in [0.2, 0.25) is 0 Å². The number of aliphatic hydroxyl groups is 1. The maximum atomic E-state index is 12.1. The lowest BCUT2D eigenvalue weighted by Gasteiger charge is -2.25. The summed E-state index contributed by atoms with van der Waals surface area (Å²) < 4.78 is 11.3. The molecule has 2 N–H and O–H groups in total. The lowest BCUT2D eigenvalue weighted by Crippen LogP contribution is -2.39. The SMILES string of the molecule is CCCOC1Cc2cc(C)ccc2C1NC(=O)OC(C)(C)C.CO. The number of carbonyl (C=O) groups excluding carboxylic acids is 1. The summed E-state index contributed by atoms with van der Waals surface area (Å²) in [5.41, 5.74) is 3.11. The molecule has 0 aromatic heterocycles. The molecule has 0 saturated carbocycles. The number of nitrogens with one attached hydrogen (secondary N) is 1. The van der Waals surface area contributed by atoms with Gasteiger partial charge in [0.15, 0.2) is 0 Å². The van der Waals surface area contributed by atoms with E-state index in [0.29, 0.717) is 6.61 Å². The van der Waals surface area contributed by atoms with Crippen LogP contribution in [-0.2, 0) is 15.9 Å². The molecule has 5 nitrogen and oxygen atoms in total. The first-order valence-electron chi connectivity index (χ1n) is 8.45. The van der Waals surface area contributed by atoms with Gasteiger partial charge in [0.05, 0.1) is 12.1 Å². The van der Waals surface area contributed by atoms with Crippen molar-refractivity contribution in [2.75, 3.05) is 13.7 Å². The fourth-order valence-electron chi connectivity index (χ4n) is 2.78. The van der Waals surface area contributed by atoms with E-state index in [0.717, 1.165) is 25.5 Å². The van der Waals surface area contributed by atoms with Crippen molar-refractivity contribution < 1.29 is 19.4 Å². The first-order chi connectivity index (χ1) is 11.3. The highest BCUT2D eigenvalue weighted by Gasteiger charge is 2.35. The van der Waals surface area contributed by atoms with Crippen LogP contribution in [-0.4, -0.2) is 36.6 Å². The fourth-order valence-corrected chi connectivity index (χ4v) is 2.78. The standard InChI is InChI=1S/C18H27NO3.CH4O/c1-6-9-21-15-11-13-10-12(2)7-8-14(13)16(15)19-17(20)22-18(3,4)5;1-2/h7-8,10,15-16H,6,9,11H2,1-5H3,(H,19,20);2H,1H3. The number of ether oxygens (including phenoxy) is 2. The summed E-state index contributed by atoms with van der Waals surface area (Å²) in [5.74, 6) is 0. The third-order valence-corrected chi connectivity index (χ3v) is 3.63. The largest absolute Gasteiger partial charge is 0.444 e. The molecule has 1 aromatic rings. The molecule has 1 aromatic carbocycles. The second-order valence-corrected chi connectivity index (χ2v) is 6.94. The van der Waals surface area contributed by atoms with Gasteiger partial charge in [0.25, 0.3) is 0 Å². The Morgan fingerprint density at radius 1 is 1.33 bits per heavy atom. The normalized spacial score (nSPS) is 19.1. The van der Waals surface area contributed by atoms with Crippen LogP contribution in [0.4, 0.5) is 4.79 Å². The lowest BCUT2D eigenvalue weighted by atomic mass is 10.1. The highest BCUT2D eigenvalue weighted by Crippen LogP contribution is 2.34. The van der Waals surface area contributed by atoms with E-state index in [1.165, 1.54) is 11.1 Å². The predicted molar refractivity (Wildman–Crippen MR) is 95.2 cm³/mol. The summed E-state index contributed by atoms with van der Waals surface area (Å²) in [6, 6.07) is 6.19. The number of hydrogen-bond acceptors (Lipinski definition) is 4. The zero-order valence-electron chi connectivity index (χ0n) is 15.7. The van der Waals surface area contributed by atoms with Crippen molar-refractivity contribution in [3.63, 3.8) is 0 Å². The van der Waals surface area contributed by atoms with Crippen molar-refractivity contribution in [1.29, 1.82) is 0 Å². The number of benzene rings is 1. The molecule has 0 aliphatic heterocycles. The average Bonchev–Trinajstić information content (AvgIpc) is 2.82. The van der Waals surface area contributed by atoms with Gasteiger partial charge in [-0.05, 0) is 45.2 Å². The Bertz CT molecular complexity index is 537. The topological polar surface area (TPSA) is 67.8 Å². The van der Waals surface area contributed by atoms with E-state index in [9.17, 15) is 4.79 Å². The van der Waals surface area contributed by atoms with Crippen LogP contribution >= 0.6 is 0 Å². The number of fused-ring (bicyclic) bond motifs is 1. The maximum absolute atomic E-state index is 12.1. The first kappa shape index (κ1) is 20.5. The molecule has 5 heteroatoms. The van der Waals surface area contributed by atoms with Crippen LogP contribution in [0.3, 0.4) is 0 Å². The zero-order chi connectivity index (χ0) is 18.3. The van der Waals surface area contributed by atoms with Crippen molar-refractivity contribution in [2.45, 2.75) is 65.2 Å². The van der Waals surface area contributed by atoms with Crippen LogP contribution in [0.1, 0.15) is 56.8 Å². The van der Waals surface area contributed by atoms with Gasteiger partial charge in [-0.25, -0.2) is 4.79 Å². The van der Waals surface area contributed by atoms with E-state index in [1.807, 2.05) is 20.8 Å². The Hall–Kier alpha value is -1.59. The minimum Gasteiger partial charge on any atom is -0.444 e. The summed E-state index contributed by atoms with van der Waals surface area (Å²) in [6.07, 6.45) is 1.38. The van der Waals surface area contributed by atoms with Crippen LogP contribution < -0.4 is 5.32 Å². The minimum atomic E-state index is -0.501. The summed E-state index contributed by atoms with van der Waals surface area (Å²) >= 11 is 0. The van der Waals surface area contributed by atoms with E-state index < -0.39 is 11.7 Å². The molecule has 0 saturated heterocycles. The van der Waals surface area contributed by atoms with E-state index in [4.69, 9.17) is 14.6 Å². The minimum absolute atomic E-state index is 0.0238. The van der Waals surface area contributed by atoms with Gasteiger partial charge in [0, 0.05) is 20.1 Å². The molecule has 0 heterocycles. The van der Waals surface area contributed by atoms with Crippen molar-refractivity contribution in [2.24, 2.45) is 0 Å². The van der Waals surface area contributed by atoms with Crippen LogP contribution in [0, 0.1) is 6.92 Å². The van der Waals surface area contributed by atoms with Gasteiger partial charge in [0.1, 0.15) is 5.60 Å². The Morgan fingerprint density at radius 2 is 2.00 bits per heavy atom. The van der Waals surface area contributed by atoms with Gasteiger partial charge in [-0.15, -0.1) is 0 Å². The van der Waals surface area contributed by atoms with Crippen LogP contribution in [0.15, 0.2) is 18.2 Å². The molecule has 1 aliphatic rings. The molecule has 0 fully saturated rings. The maximum Gasteiger partial charge on any atom is 0.408 e. The summed E-state index contributed by atoms with van der Waals surface area (Å²) in [5, 5.41) is 9.98. The molecule has 2 atom stereocenters. The van der Waals surface area contributed by atoms with Crippen LogP contribution in [0.2, 0.25) is 0 Å². The molecule has 1 aliphatic carbocycles. The molecule has 1 amide bonds. The van der Waals surface area contributed by atoms with E-state index in [1.54, 1.807) is 0 Å². The fraction of sp³-hybridized carbons (Fsp3) is 0.632. The lowest BCUT2D eigenvalue weighted by molar-refractivity contribution is 0.0201. The highest BCUT2D eigenvalue weighted by molar-refractivity contribution is 5.69. The van der Waals surface area contributed by atoms with Gasteiger partial charge in [-0.3, -0.25) is 0 Å². The van der Waals surface area contributed by atoms with E-state index in [-0.39, 0.29) is 12.1 Å². The number of hydrogen-bond donors (Lipinski definition) is 2. The number of alkyl carbamates (subject to hydrolysis) is 1. The number of rotatable bonds is 4. The van der Waals surface area contributed by atoms with E-state index >= 15 is 0 Å². The quantitative estimate of drug-likeness (QED) is 0.882. The Morgan fingerprint density at radius 3 is 2.58 bits per heavy atom. The zero-order valence-corrected chi connectivity index (χ0v) is 15.7. The molecule has 0 bridgehead atoms. The smallest absolute Gasteiger partial charge is 0.408 e. The Labute approximate surface area is 145 Å². The molecule has 24 heavy (non-hydrogen) atoms. The first-order valence-corrected chi connectivity index (χ1v) is 8.45. The van der Waals surface area contributed by atoms with Gasteiger partial charge in [-0.2, -0.15) is 0 Å². The molecule has 0 radical (unpaired) electrons. The number of aryl methyl sites for hydroxylation is 1. The van der Waals surface area contributed by atoms with Gasteiger partial charge < -0.3 is 19.9 Å². The third-order valence-electron chi connectivity index (χ3n) is 3.63. The molecular formula is C19H31NO4. The van der Waals surface area contributed by atoms with Crippen molar-refractivity contribution in [1.82, 2.24) is 5.32 Å². The second kappa shape index (κ2) is 9.04. The van der Waals surface area contributed by atoms with Crippen molar-refractivity contribution in [3.8, 4) is 0 Å². The number of carbonyl (C=O) groups is 1. The summed E-state index contributed by atoms with van der Waals surface area (Å²) in [6.45, 7) is 10.5. The Balaban J connectivity index is 0.00000139. The molecule has 2 unspecified atom stereocenters.